The maximum Gasteiger partial charge on any atom is 0.0858 e. The molecule has 5 rings (SSSR count). The monoisotopic (exact) mass is 608 g/mol. The van der Waals surface area contributed by atoms with Crippen LogP contribution in [0, 0.1) is 0 Å². The van der Waals surface area contributed by atoms with E-state index in [1.165, 1.54) is 37.1 Å². The second kappa shape index (κ2) is 16.3. The Balaban J connectivity index is 1.15. The van der Waals surface area contributed by atoms with Crippen LogP contribution in [0.25, 0.3) is 22.3 Å². The van der Waals surface area contributed by atoms with Gasteiger partial charge in [-0.2, -0.15) is 20.5 Å². The predicted molar refractivity (Wildman–Crippen MR) is 195 cm³/mol. The molecule has 6 heteroatoms. The van der Waals surface area contributed by atoms with Gasteiger partial charge in [0.15, 0.2) is 0 Å². The Morgan fingerprint density at radius 2 is 0.609 bits per heavy atom. The van der Waals surface area contributed by atoms with Gasteiger partial charge in [-0.25, -0.2) is 0 Å². The van der Waals surface area contributed by atoms with Crippen molar-refractivity contribution in [1.82, 2.24) is 0 Å². The first-order valence-corrected chi connectivity index (χ1v) is 16.3. The van der Waals surface area contributed by atoms with Crippen molar-refractivity contribution in [3.8, 4) is 22.3 Å². The Morgan fingerprint density at radius 3 is 0.870 bits per heavy atom. The molecule has 0 aliphatic rings. The molecule has 0 spiro atoms. The van der Waals surface area contributed by atoms with Gasteiger partial charge in [0.2, 0.25) is 0 Å². The lowest BCUT2D eigenvalue weighted by molar-refractivity contribution is 0.767. The first kappa shape index (κ1) is 32.3. The SMILES string of the molecule is CCCCN(C)c1ccc(N=Nc2ccc(-c3ccc(-c4ccc(N=Nc5ccc(N(C)CCCC)cc5)cc4)cc3)cc2)cc1. The summed E-state index contributed by atoms with van der Waals surface area (Å²) in [5.41, 5.74) is 10.3. The van der Waals surface area contributed by atoms with Gasteiger partial charge in [-0.05, 0) is 108 Å². The molecule has 0 aromatic heterocycles. The Kier molecular flexibility index (Phi) is 11.4. The largest absolute Gasteiger partial charge is 0.375 e. The number of benzene rings is 5. The fourth-order valence-electron chi connectivity index (χ4n) is 5.12. The molecular formula is C40H44N6. The molecule has 0 radical (unpaired) electrons. The van der Waals surface area contributed by atoms with E-state index in [9.17, 15) is 0 Å². The quantitative estimate of drug-likeness (QED) is 0.118. The summed E-state index contributed by atoms with van der Waals surface area (Å²) in [4.78, 5) is 4.55. The molecule has 0 fully saturated rings. The number of azo groups is 2. The van der Waals surface area contributed by atoms with Gasteiger partial charge in [-0.15, -0.1) is 0 Å². The number of anilines is 2. The van der Waals surface area contributed by atoms with Crippen LogP contribution in [-0.4, -0.2) is 27.2 Å². The first-order chi connectivity index (χ1) is 22.5. The van der Waals surface area contributed by atoms with Crippen LogP contribution in [-0.2, 0) is 0 Å². The van der Waals surface area contributed by atoms with E-state index in [1.807, 2.05) is 48.5 Å². The third-order valence-corrected chi connectivity index (χ3v) is 8.12. The zero-order chi connectivity index (χ0) is 32.1. The number of hydrogen-bond donors (Lipinski definition) is 0. The van der Waals surface area contributed by atoms with Crippen molar-refractivity contribution in [3.05, 3.63) is 121 Å². The molecule has 0 aliphatic heterocycles. The maximum atomic E-state index is 4.44. The van der Waals surface area contributed by atoms with Crippen molar-refractivity contribution in [2.45, 2.75) is 39.5 Å². The molecule has 0 saturated carbocycles. The lowest BCUT2D eigenvalue weighted by atomic mass is 10.00. The van der Waals surface area contributed by atoms with Crippen LogP contribution in [0.4, 0.5) is 34.1 Å². The van der Waals surface area contributed by atoms with E-state index in [-0.39, 0.29) is 0 Å². The number of unbranched alkanes of at least 4 members (excludes halogenated alkanes) is 2. The van der Waals surface area contributed by atoms with Crippen molar-refractivity contribution in [1.29, 1.82) is 0 Å². The van der Waals surface area contributed by atoms with Crippen LogP contribution in [0.1, 0.15) is 39.5 Å². The van der Waals surface area contributed by atoms with Crippen molar-refractivity contribution in [3.63, 3.8) is 0 Å². The molecule has 46 heavy (non-hydrogen) atoms. The molecule has 5 aromatic carbocycles. The predicted octanol–water partition coefficient (Wildman–Crippen LogP) is 12.3. The summed E-state index contributed by atoms with van der Waals surface area (Å²) < 4.78 is 0. The fourth-order valence-corrected chi connectivity index (χ4v) is 5.12. The third-order valence-electron chi connectivity index (χ3n) is 8.12. The standard InChI is InChI=1S/C40H44N6/c1-5-7-29-45(3)39-25-21-37(22-26-39)43-41-35-17-13-33(14-18-35)31-9-11-32(12-10-31)34-15-19-36(20-16-34)42-44-38-23-27-40(28-24-38)46(4)30-8-6-2/h9-28H,5-8,29-30H2,1-4H3. The molecule has 0 bridgehead atoms. The van der Waals surface area contributed by atoms with Gasteiger partial charge in [-0.1, -0.05) is 75.2 Å². The van der Waals surface area contributed by atoms with Crippen LogP contribution in [0.5, 0.6) is 0 Å². The molecule has 0 amide bonds. The first-order valence-electron chi connectivity index (χ1n) is 16.3. The minimum Gasteiger partial charge on any atom is -0.375 e. The lowest BCUT2D eigenvalue weighted by Crippen LogP contribution is -2.17. The summed E-state index contributed by atoms with van der Waals surface area (Å²) >= 11 is 0. The molecule has 234 valence electrons. The van der Waals surface area contributed by atoms with Crippen LogP contribution < -0.4 is 9.80 Å². The zero-order valence-corrected chi connectivity index (χ0v) is 27.5. The third kappa shape index (κ3) is 8.98. The molecule has 0 aliphatic carbocycles. The second-order valence-corrected chi connectivity index (χ2v) is 11.7. The molecular weight excluding hydrogens is 564 g/mol. The number of hydrogen-bond acceptors (Lipinski definition) is 6. The molecule has 0 unspecified atom stereocenters. The van der Waals surface area contributed by atoms with Gasteiger partial charge in [0.05, 0.1) is 22.7 Å². The highest BCUT2D eigenvalue weighted by molar-refractivity contribution is 5.72. The zero-order valence-electron chi connectivity index (χ0n) is 27.5. The fraction of sp³-hybridized carbons (Fsp3) is 0.250. The molecule has 5 aromatic rings. The van der Waals surface area contributed by atoms with Crippen LogP contribution >= 0.6 is 0 Å². The van der Waals surface area contributed by atoms with Gasteiger partial charge in [0.1, 0.15) is 0 Å². The van der Waals surface area contributed by atoms with E-state index in [0.29, 0.717) is 0 Å². The Labute approximate surface area is 274 Å². The molecule has 0 atom stereocenters. The highest BCUT2D eigenvalue weighted by Gasteiger charge is 2.04. The molecule has 0 heterocycles. The van der Waals surface area contributed by atoms with Crippen molar-refractivity contribution >= 4 is 34.1 Å². The van der Waals surface area contributed by atoms with E-state index in [2.05, 4.69) is 131 Å². The summed E-state index contributed by atoms with van der Waals surface area (Å²) in [6.07, 6.45) is 4.76. The van der Waals surface area contributed by atoms with E-state index in [4.69, 9.17) is 0 Å². The molecule has 0 saturated heterocycles. The van der Waals surface area contributed by atoms with E-state index in [0.717, 1.165) is 58.1 Å². The van der Waals surface area contributed by atoms with Crippen molar-refractivity contribution in [2.75, 3.05) is 37.0 Å². The van der Waals surface area contributed by atoms with Gasteiger partial charge in [-0.3, -0.25) is 0 Å². The van der Waals surface area contributed by atoms with Crippen LogP contribution in [0.15, 0.2) is 142 Å². The maximum absolute atomic E-state index is 4.44. The normalized spacial score (nSPS) is 11.4. The molecule has 6 nitrogen and oxygen atoms in total. The summed E-state index contributed by atoms with van der Waals surface area (Å²) in [5, 5.41) is 17.7. The topological polar surface area (TPSA) is 55.9 Å². The summed E-state index contributed by atoms with van der Waals surface area (Å²) in [7, 11) is 4.25. The summed E-state index contributed by atoms with van der Waals surface area (Å²) in [5.74, 6) is 0. The second-order valence-electron chi connectivity index (χ2n) is 11.7. The van der Waals surface area contributed by atoms with Crippen molar-refractivity contribution in [2.24, 2.45) is 20.5 Å². The minimum atomic E-state index is 0.828. The highest BCUT2D eigenvalue weighted by atomic mass is 15.1. The van der Waals surface area contributed by atoms with Crippen LogP contribution in [0.2, 0.25) is 0 Å². The Hall–Kier alpha value is -5.10. The number of nitrogens with zero attached hydrogens (tertiary/aromatic N) is 6. The Morgan fingerprint density at radius 1 is 0.370 bits per heavy atom. The summed E-state index contributed by atoms with van der Waals surface area (Å²) in [6.45, 7) is 6.54. The minimum absolute atomic E-state index is 0.828. The smallest absolute Gasteiger partial charge is 0.0858 e. The average molecular weight is 609 g/mol. The number of rotatable bonds is 14. The van der Waals surface area contributed by atoms with E-state index < -0.39 is 0 Å². The van der Waals surface area contributed by atoms with E-state index in [1.54, 1.807) is 0 Å². The highest BCUT2D eigenvalue weighted by Crippen LogP contribution is 2.29. The van der Waals surface area contributed by atoms with Gasteiger partial charge < -0.3 is 9.80 Å². The lowest BCUT2D eigenvalue weighted by Gasteiger charge is -2.18. The van der Waals surface area contributed by atoms with Gasteiger partial charge in [0.25, 0.3) is 0 Å². The molecule has 0 N–H and O–H groups in total. The van der Waals surface area contributed by atoms with E-state index >= 15 is 0 Å². The van der Waals surface area contributed by atoms with Crippen molar-refractivity contribution < 1.29 is 0 Å². The summed E-state index contributed by atoms with van der Waals surface area (Å²) in [6, 6.07) is 41.5. The van der Waals surface area contributed by atoms with Gasteiger partial charge in [0, 0.05) is 38.6 Å². The average Bonchev–Trinajstić information content (AvgIpc) is 3.12. The Bertz CT molecular complexity index is 1560. The van der Waals surface area contributed by atoms with Gasteiger partial charge >= 0.3 is 0 Å². The van der Waals surface area contributed by atoms with Crippen LogP contribution in [0.3, 0.4) is 0 Å².